The van der Waals surface area contributed by atoms with Crippen molar-refractivity contribution < 1.29 is 0 Å². The first kappa shape index (κ1) is 16.8. The molecule has 1 fully saturated rings. The average molecular weight is 302 g/mol. The number of guanidine groups is 1. The molecule has 0 saturated carbocycles. The normalized spacial score (nSPS) is 17.6. The molecule has 0 spiro atoms. The Hall–Kier alpha value is -1.55. The lowest BCUT2D eigenvalue weighted by atomic mass is 9.94. The molecule has 0 aliphatic carbocycles. The van der Waals surface area contributed by atoms with Crippen molar-refractivity contribution >= 4 is 11.6 Å². The van der Waals surface area contributed by atoms with Gasteiger partial charge in [-0.1, -0.05) is 26.0 Å². The summed E-state index contributed by atoms with van der Waals surface area (Å²) < 4.78 is 0. The smallest absolute Gasteiger partial charge is 0.193 e. The van der Waals surface area contributed by atoms with Gasteiger partial charge in [0.15, 0.2) is 5.96 Å². The molecule has 0 aromatic heterocycles. The highest BCUT2D eigenvalue weighted by Crippen LogP contribution is 2.20. The lowest BCUT2D eigenvalue weighted by Gasteiger charge is -2.30. The first-order valence-corrected chi connectivity index (χ1v) is 8.59. The van der Waals surface area contributed by atoms with E-state index < -0.39 is 0 Å². The van der Waals surface area contributed by atoms with Crippen molar-refractivity contribution in [3.05, 3.63) is 29.8 Å². The van der Waals surface area contributed by atoms with Crippen LogP contribution in [0.2, 0.25) is 0 Å². The molecule has 0 amide bonds. The summed E-state index contributed by atoms with van der Waals surface area (Å²) in [6, 6.07) is 8.36. The van der Waals surface area contributed by atoms with Gasteiger partial charge in [-0.3, -0.25) is 4.99 Å². The fraction of sp³-hybridized carbons (Fsp3) is 0.611. The molecule has 1 aromatic carbocycles. The van der Waals surface area contributed by atoms with Crippen LogP contribution in [0.3, 0.4) is 0 Å². The van der Waals surface area contributed by atoms with Crippen LogP contribution in [0.5, 0.6) is 0 Å². The zero-order valence-corrected chi connectivity index (χ0v) is 14.0. The van der Waals surface area contributed by atoms with E-state index in [9.17, 15) is 0 Å². The monoisotopic (exact) mass is 302 g/mol. The molecule has 3 N–H and O–H groups in total. The second-order valence-electron chi connectivity index (χ2n) is 6.11. The molecule has 1 aliphatic heterocycles. The first-order valence-electron chi connectivity index (χ1n) is 8.59. The van der Waals surface area contributed by atoms with Crippen LogP contribution in [0.15, 0.2) is 29.3 Å². The lowest BCUT2D eigenvalue weighted by Crippen LogP contribution is -2.33. The van der Waals surface area contributed by atoms with E-state index in [4.69, 9.17) is 5.73 Å². The summed E-state index contributed by atoms with van der Waals surface area (Å²) in [6.07, 6.45) is 4.81. The Morgan fingerprint density at radius 1 is 1.23 bits per heavy atom. The van der Waals surface area contributed by atoms with Gasteiger partial charge in [0.1, 0.15) is 0 Å². The van der Waals surface area contributed by atoms with E-state index in [0.29, 0.717) is 5.96 Å². The van der Waals surface area contributed by atoms with E-state index in [1.165, 1.54) is 38.0 Å². The Morgan fingerprint density at radius 3 is 2.50 bits per heavy atom. The highest BCUT2D eigenvalue weighted by Gasteiger charge is 2.17. The van der Waals surface area contributed by atoms with Crippen molar-refractivity contribution in [1.82, 2.24) is 4.90 Å². The molecule has 0 atom stereocenters. The predicted octanol–water partition coefficient (Wildman–Crippen LogP) is 3.10. The molecule has 0 unspecified atom stereocenters. The maximum Gasteiger partial charge on any atom is 0.193 e. The number of nitrogens with zero attached hydrogens (tertiary/aromatic N) is 2. The zero-order chi connectivity index (χ0) is 15.8. The maximum absolute atomic E-state index is 5.97. The van der Waals surface area contributed by atoms with Gasteiger partial charge in [-0.05, 0) is 68.9 Å². The third-order valence-corrected chi connectivity index (χ3v) is 4.61. The Labute approximate surface area is 134 Å². The molecule has 0 bridgehead atoms. The van der Waals surface area contributed by atoms with Gasteiger partial charge < -0.3 is 16.0 Å². The number of hydrogen-bond donors (Lipinski definition) is 2. The molecule has 4 nitrogen and oxygen atoms in total. The minimum atomic E-state index is 0.523. The number of likely N-dealkylation sites (tertiary alicyclic amines) is 1. The minimum absolute atomic E-state index is 0.523. The number of aliphatic imine (C=N–C) groups is 1. The summed E-state index contributed by atoms with van der Waals surface area (Å²) in [5.74, 6) is 1.33. The van der Waals surface area contributed by atoms with Gasteiger partial charge in [0.25, 0.3) is 0 Å². The van der Waals surface area contributed by atoms with Crippen LogP contribution in [0, 0.1) is 5.92 Å². The van der Waals surface area contributed by atoms with Gasteiger partial charge in [0.2, 0.25) is 0 Å². The standard InChI is InChI=1S/C18H30N4/c1-3-15-5-7-17(8-6-15)21-18(19)20-12-9-16-10-13-22(4-2)14-11-16/h5-8,16H,3-4,9-14H2,1-2H3,(H3,19,20,21). The first-order chi connectivity index (χ1) is 10.7. The topological polar surface area (TPSA) is 53.6 Å². The van der Waals surface area contributed by atoms with Crippen molar-refractivity contribution in [2.75, 3.05) is 31.5 Å². The third-order valence-electron chi connectivity index (χ3n) is 4.61. The van der Waals surface area contributed by atoms with E-state index in [0.717, 1.165) is 31.0 Å². The summed E-state index contributed by atoms with van der Waals surface area (Å²) in [6.45, 7) is 8.87. The molecule has 1 saturated heterocycles. The number of anilines is 1. The summed E-state index contributed by atoms with van der Waals surface area (Å²) in [5, 5.41) is 3.17. The highest BCUT2D eigenvalue weighted by atomic mass is 15.1. The molecule has 122 valence electrons. The summed E-state index contributed by atoms with van der Waals surface area (Å²) in [7, 11) is 0. The summed E-state index contributed by atoms with van der Waals surface area (Å²) in [5.41, 5.74) is 8.31. The molecule has 1 aromatic rings. The third kappa shape index (κ3) is 5.34. The van der Waals surface area contributed by atoms with E-state index in [2.05, 4.69) is 53.3 Å². The molecular formula is C18H30N4. The van der Waals surface area contributed by atoms with Crippen LogP contribution in [0.25, 0.3) is 0 Å². The number of benzene rings is 1. The van der Waals surface area contributed by atoms with Crippen molar-refractivity contribution in [2.24, 2.45) is 16.6 Å². The molecule has 2 rings (SSSR count). The highest BCUT2D eigenvalue weighted by molar-refractivity contribution is 5.92. The molecule has 0 radical (unpaired) electrons. The van der Waals surface area contributed by atoms with E-state index >= 15 is 0 Å². The Balaban J connectivity index is 1.71. The molecule has 1 aliphatic rings. The Bertz CT molecular complexity index is 458. The minimum Gasteiger partial charge on any atom is -0.370 e. The van der Waals surface area contributed by atoms with Crippen LogP contribution >= 0.6 is 0 Å². The second kappa shape index (κ2) is 8.79. The SMILES string of the molecule is CCc1ccc(NC(N)=NCCC2CCN(CC)CC2)cc1. The number of rotatable bonds is 6. The fourth-order valence-electron chi connectivity index (χ4n) is 2.97. The quantitative estimate of drug-likeness (QED) is 0.627. The van der Waals surface area contributed by atoms with Gasteiger partial charge in [0, 0.05) is 12.2 Å². The van der Waals surface area contributed by atoms with Crippen LogP contribution in [-0.2, 0) is 6.42 Å². The van der Waals surface area contributed by atoms with Gasteiger partial charge in [0.05, 0.1) is 0 Å². The zero-order valence-electron chi connectivity index (χ0n) is 14.0. The van der Waals surface area contributed by atoms with Gasteiger partial charge in [-0.2, -0.15) is 0 Å². The van der Waals surface area contributed by atoms with Gasteiger partial charge in [-0.15, -0.1) is 0 Å². The Morgan fingerprint density at radius 2 is 1.91 bits per heavy atom. The number of piperidine rings is 1. The largest absolute Gasteiger partial charge is 0.370 e. The number of nitrogens with one attached hydrogen (secondary N) is 1. The van der Waals surface area contributed by atoms with Crippen LogP contribution in [-0.4, -0.2) is 37.0 Å². The van der Waals surface area contributed by atoms with Crippen molar-refractivity contribution in [1.29, 1.82) is 0 Å². The maximum atomic E-state index is 5.97. The lowest BCUT2D eigenvalue weighted by molar-refractivity contribution is 0.188. The average Bonchev–Trinajstić information content (AvgIpc) is 2.56. The number of aryl methyl sites for hydroxylation is 1. The van der Waals surface area contributed by atoms with E-state index in [-0.39, 0.29) is 0 Å². The molecule has 4 heteroatoms. The van der Waals surface area contributed by atoms with Crippen molar-refractivity contribution in [3.8, 4) is 0 Å². The molecule has 1 heterocycles. The van der Waals surface area contributed by atoms with E-state index in [1.807, 2.05) is 0 Å². The van der Waals surface area contributed by atoms with Gasteiger partial charge in [-0.25, -0.2) is 0 Å². The van der Waals surface area contributed by atoms with Crippen molar-refractivity contribution in [3.63, 3.8) is 0 Å². The summed E-state index contributed by atoms with van der Waals surface area (Å²) in [4.78, 5) is 6.99. The van der Waals surface area contributed by atoms with Crippen LogP contribution in [0.1, 0.15) is 38.7 Å². The van der Waals surface area contributed by atoms with Crippen molar-refractivity contribution in [2.45, 2.75) is 39.5 Å². The second-order valence-corrected chi connectivity index (χ2v) is 6.11. The van der Waals surface area contributed by atoms with Crippen LogP contribution < -0.4 is 11.1 Å². The van der Waals surface area contributed by atoms with Gasteiger partial charge >= 0.3 is 0 Å². The number of hydrogen-bond acceptors (Lipinski definition) is 2. The molecular weight excluding hydrogens is 272 g/mol. The Kier molecular flexibility index (Phi) is 6.72. The summed E-state index contributed by atoms with van der Waals surface area (Å²) >= 11 is 0. The fourth-order valence-corrected chi connectivity index (χ4v) is 2.97. The predicted molar refractivity (Wildman–Crippen MR) is 95.4 cm³/mol. The van der Waals surface area contributed by atoms with Crippen LogP contribution in [0.4, 0.5) is 5.69 Å². The van der Waals surface area contributed by atoms with E-state index in [1.54, 1.807) is 0 Å². The molecule has 22 heavy (non-hydrogen) atoms. The number of nitrogens with two attached hydrogens (primary N) is 1.